The van der Waals surface area contributed by atoms with Gasteiger partial charge in [-0.25, -0.2) is 0 Å². The third-order valence-electron chi connectivity index (χ3n) is 5.09. The molecule has 0 aromatic heterocycles. The van der Waals surface area contributed by atoms with Crippen LogP contribution in [0.15, 0.2) is 42.5 Å². The van der Waals surface area contributed by atoms with Gasteiger partial charge in [0.2, 0.25) is 5.91 Å². The molecule has 148 valence electrons. The Morgan fingerprint density at radius 1 is 1.14 bits per heavy atom. The number of hydrogen-bond donors (Lipinski definition) is 1. The van der Waals surface area contributed by atoms with Crippen LogP contribution in [0.5, 0.6) is 11.5 Å². The Labute approximate surface area is 169 Å². The van der Waals surface area contributed by atoms with E-state index in [4.69, 9.17) is 25.8 Å². The van der Waals surface area contributed by atoms with Gasteiger partial charge in [-0.15, -0.1) is 0 Å². The monoisotopic (exact) mass is 402 g/mol. The van der Waals surface area contributed by atoms with E-state index in [1.165, 1.54) is 0 Å². The number of carbonyl (C=O) groups excluding carboxylic acids is 1. The van der Waals surface area contributed by atoms with E-state index >= 15 is 0 Å². The average molecular weight is 403 g/mol. The van der Waals surface area contributed by atoms with Gasteiger partial charge < -0.3 is 19.5 Å². The number of carbonyl (C=O) groups is 1. The summed E-state index contributed by atoms with van der Waals surface area (Å²) in [4.78, 5) is 14.9. The van der Waals surface area contributed by atoms with Crippen molar-refractivity contribution in [1.29, 1.82) is 0 Å². The molecule has 0 radical (unpaired) electrons. The minimum Gasteiger partial charge on any atom is -0.486 e. The summed E-state index contributed by atoms with van der Waals surface area (Å²) in [7, 11) is 0. The minimum atomic E-state index is -0.304. The SMILES string of the molecule is CC(C(=O)Nc1ccc2c(c1)OCCO2)N1CCOC(c2ccccc2Cl)C1. The Kier molecular flexibility index (Phi) is 5.71. The minimum absolute atomic E-state index is 0.0727. The molecule has 1 saturated heterocycles. The lowest BCUT2D eigenvalue weighted by Gasteiger charge is -2.36. The largest absolute Gasteiger partial charge is 0.486 e. The molecule has 2 aliphatic rings. The van der Waals surface area contributed by atoms with E-state index in [2.05, 4.69) is 10.2 Å². The first-order chi connectivity index (χ1) is 13.6. The Morgan fingerprint density at radius 2 is 1.93 bits per heavy atom. The van der Waals surface area contributed by atoms with Crippen molar-refractivity contribution in [2.75, 3.05) is 38.2 Å². The molecule has 0 aliphatic carbocycles. The van der Waals surface area contributed by atoms with E-state index in [9.17, 15) is 4.79 Å². The zero-order valence-electron chi connectivity index (χ0n) is 15.7. The summed E-state index contributed by atoms with van der Waals surface area (Å²) in [6, 6.07) is 12.8. The summed E-state index contributed by atoms with van der Waals surface area (Å²) in [5, 5.41) is 3.66. The first kappa shape index (κ1) is 19.1. The predicted octanol–water partition coefficient (Wildman–Crippen LogP) is 3.51. The predicted molar refractivity (Wildman–Crippen MR) is 107 cm³/mol. The molecule has 28 heavy (non-hydrogen) atoms. The second-order valence-corrected chi connectivity index (χ2v) is 7.31. The fourth-order valence-corrected chi connectivity index (χ4v) is 3.74. The number of fused-ring (bicyclic) bond motifs is 1. The molecule has 2 heterocycles. The molecule has 0 bridgehead atoms. The molecule has 4 rings (SSSR count). The Bertz CT molecular complexity index is 860. The van der Waals surface area contributed by atoms with Crippen LogP contribution in [0.25, 0.3) is 0 Å². The smallest absolute Gasteiger partial charge is 0.241 e. The van der Waals surface area contributed by atoms with Crippen LogP contribution in [-0.2, 0) is 9.53 Å². The van der Waals surface area contributed by atoms with Crippen LogP contribution in [0.2, 0.25) is 5.02 Å². The number of amides is 1. The van der Waals surface area contributed by atoms with Gasteiger partial charge in [0, 0.05) is 35.4 Å². The van der Waals surface area contributed by atoms with Crippen LogP contribution >= 0.6 is 11.6 Å². The van der Waals surface area contributed by atoms with Gasteiger partial charge >= 0.3 is 0 Å². The second kappa shape index (κ2) is 8.39. The third-order valence-corrected chi connectivity index (χ3v) is 5.43. The Hall–Kier alpha value is -2.28. The van der Waals surface area contributed by atoms with Crippen LogP contribution in [0.4, 0.5) is 5.69 Å². The molecule has 6 nitrogen and oxygen atoms in total. The van der Waals surface area contributed by atoms with Crippen LogP contribution in [0, 0.1) is 0 Å². The average Bonchev–Trinajstić information content (AvgIpc) is 2.73. The molecule has 1 N–H and O–H groups in total. The number of hydrogen-bond acceptors (Lipinski definition) is 5. The summed E-state index contributed by atoms with van der Waals surface area (Å²) < 4.78 is 17.0. The highest BCUT2D eigenvalue weighted by atomic mass is 35.5. The Morgan fingerprint density at radius 3 is 2.75 bits per heavy atom. The molecule has 2 aliphatic heterocycles. The number of morpholine rings is 1. The van der Waals surface area contributed by atoms with Crippen molar-refractivity contribution in [2.45, 2.75) is 19.1 Å². The number of ether oxygens (including phenoxy) is 3. The van der Waals surface area contributed by atoms with Crippen LogP contribution in [-0.4, -0.2) is 49.8 Å². The van der Waals surface area contributed by atoms with Crippen molar-refractivity contribution in [1.82, 2.24) is 4.90 Å². The van der Waals surface area contributed by atoms with Crippen LogP contribution in [0.1, 0.15) is 18.6 Å². The fourth-order valence-electron chi connectivity index (χ4n) is 3.48. The molecule has 0 spiro atoms. The maximum Gasteiger partial charge on any atom is 0.241 e. The van der Waals surface area contributed by atoms with E-state index in [1.54, 1.807) is 6.07 Å². The van der Waals surface area contributed by atoms with Crippen LogP contribution in [0.3, 0.4) is 0 Å². The maximum atomic E-state index is 12.8. The van der Waals surface area contributed by atoms with Gasteiger partial charge in [0.05, 0.1) is 18.8 Å². The van der Waals surface area contributed by atoms with Gasteiger partial charge in [-0.1, -0.05) is 29.8 Å². The highest BCUT2D eigenvalue weighted by Crippen LogP contribution is 2.33. The number of nitrogens with zero attached hydrogens (tertiary/aromatic N) is 1. The second-order valence-electron chi connectivity index (χ2n) is 6.90. The quantitative estimate of drug-likeness (QED) is 0.848. The normalized spacial score (nSPS) is 20.4. The molecule has 2 atom stereocenters. The zero-order chi connectivity index (χ0) is 19.5. The van der Waals surface area contributed by atoms with E-state index in [1.807, 2.05) is 43.3 Å². The topological polar surface area (TPSA) is 60.0 Å². The van der Waals surface area contributed by atoms with Gasteiger partial charge in [0.15, 0.2) is 11.5 Å². The summed E-state index contributed by atoms with van der Waals surface area (Å²) in [6.07, 6.45) is -0.146. The van der Waals surface area contributed by atoms with Crippen molar-refractivity contribution in [3.8, 4) is 11.5 Å². The lowest BCUT2D eigenvalue weighted by atomic mass is 10.1. The van der Waals surface area contributed by atoms with Gasteiger partial charge in [-0.3, -0.25) is 9.69 Å². The lowest BCUT2D eigenvalue weighted by molar-refractivity contribution is -0.124. The Balaban J connectivity index is 1.41. The number of rotatable bonds is 4. The first-order valence-electron chi connectivity index (χ1n) is 9.42. The number of halogens is 1. The molecular formula is C21H23ClN2O4. The van der Waals surface area contributed by atoms with Crippen molar-refractivity contribution in [3.05, 3.63) is 53.1 Å². The van der Waals surface area contributed by atoms with Crippen molar-refractivity contribution in [3.63, 3.8) is 0 Å². The highest BCUT2D eigenvalue weighted by Gasteiger charge is 2.29. The molecule has 1 amide bonds. The van der Waals surface area contributed by atoms with Crippen LogP contribution < -0.4 is 14.8 Å². The van der Waals surface area contributed by atoms with Crippen molar-refractivity contribution >= 4 is 23.2 Å². The fraction of sp³-hybridized carbons (Fsp3) is 0.381. The summed E-state index contributed by atoms with van der Waals surface area (Å²) in [6.45, 7) is 4.81. The van der Waals surface area contributed by atoms with Gasteiger partial charge in [0.25, 0.3) is 0 Å². The van der Waals surface area contributed by atoms with Gasteiger partial charge in [-0.2, -0.15) is 0 Å². The molecule has 0 saturated carbocycles. The molecular weight excluding hydrogens is 380 g/mol. The van der Waals surface area contributed by atoms with E-state index < -0.39 is 0 Å². The van der Waals surface area contributed by atoms with E-state index in [0.717, 1.165) is 5.56 Å². The lowest BCUT2D eigenvalue weighted by Crippen LogP contribution is -2.48. The summed E-state index contributed by atoms with van der Waals surface area (Å²) in [5.74, 6) is 1.28. The van der Waals surface area contributed by atoms with Crippen molar-refractivity contribution in [2.24, 2.45) is 0 Å². The number of benzene rings is 2. The summed E-state index contributed by atoms with van der Waals surface area (Å²) in [5.41, 5.74) is 1.64. The van der Waals surface area contributed by atoms with Gasteiger partial charge in [-0.05, 0) is 25.1 Å². The van der Waals surface area contributed by atoms with E-state index in [0.29, 0.717) is 55.1 Å². The molecule has 2 aromatic carbocycles. The summed E-state index contributed by atoms with van der Waals surface area (Å²) >= 11 is 6.31. The number of anilines is 1. The standard InChI is InChI=1S/C21H23ClN2O4/c1-14(21(25)23-15-6-7-18-19(12-15)28-11-10-27-18)24-8-9-26-20(13-24)16-4-2-3-5-17(16)22/h2-7,12,14,20H,8-11,13H2,1H3,(H,23,25). The molecule has 1 fully saturated rings. The zero-order valence-corrected chi connectivity index (χ0v) is 16.4. The number of nitrogens with one attached hydrogen (secondary N) is 1. The molecule has 2 aromatic rings. The first-order valence-corrected chi connectivity index (χ1v) is 9.80. The molecule has 7 heteroatoms. The highest BCUT2D eigenvalue weighted by molar-refractivity contribution is 6.31. The van der Waals surface area contributed by atoms with Gasteiger partial charge in [0.1, 0.15) is 13.2 Å². The maximum absolute atomic E-state index is 12.8. The third kappa shape index (κ3) is 4.09. The molecule has 2 unspecified atom stereocenters. The van der Waals surface area contributed by atoms with Crippen molar-refractivity contribution < 1.29 is 19.0 Å². The van der Waals surface area contributed by atoms with E-state index in [-0.39, 0.29) is 18.1 Å².